The zero-order valence-corrected chi connectivity index (χ0v) is 19.9. The van der Waals surface area contributed by atoms with Crippen molar-refractivity contribution in [2.45, 2.75) is 19.8 Å². The Kier molecular flexibility index (Phi) is 8.36. The summed E-state index contributed by atoms with van der Waals surface area (Å²) in [6.07, 6.45) is 8.86. The number of nitrogens with zero attached hydrogens (tertiary/aromatic N) is 2. The number of carbonyl (C=O) groups excluding carboxylic acids is 1. The summed E-state index contributed by atoms with van der Waals surface area (Å²) in [5.74, 6) is 2.58. The SMILES string of the molecule is C#CC[I-]C(=O)c1ccccc1Nc1ccc(C(CCc2cc(C)ccn2)=NC)cc1. The number of rotatable bonds is 9. The van der Waals surface area contributed by atoms with Crippen molar-refractivity contribution in [3.8, 4) is 12.3 Å². The van der Waals surface area contributed by atoms with Crippen molar-refractivity contribution < 1.29 is 26.0 Å². The Morgan fingerprint density at radius 1 is 1.16 bits per heavy atom. The maximum absolute atomic E-state index is 12.5. The van der Waals surface area contributed by atoms with E-state index in [4.69, 9.17) is 6.42 Å². The number of alkyl halides is 1. The van der Waals surface area contributed by atoms with Crippen molar-refractivity contribution in [2.24, 2.45) is 4.99 Å². The molecule has 5 heteroatoms. The van der Waals surface area contributed by atoms with E-state index in [0.717, 1.165) is 41.2 Å². The van der Waals surface area contributed by atoms with Crippen LogP contribution in [0, 0.1) is 19.3 Å². The second-order valence-electron chi connectivity index (χ2n) is 6.99. The minimum absolute atomic E-state index is 0.154. The topological polar surface area (TPSA) is 54.4 Å². The molecular formula is C26H25IN3O-. The molecule has 158 valence electrons. The second kappa shape index (κ2) is 11.4. The predicted octanol–water partition coefficient (Wildman–Crippen LogP) is 2.05. The fourth-order valence-corrected chi connectivity index (χ4v) is 4.65. The van der Waals surface area contributed by atoms with E-state index in [1.165, 1.54) is 5.56 Å². The second-order valence-corrected chi connectivity index (χ2v) is 9.49. The average molecular weight is 522 g/mol. The number of pyridine rings is 1. The molecule has 0 saturated heterocycles. The van der Waals surface area contributed by atoms with Gasteiger partial charge < -0.3 is 0 Å². The first-order valence-corrected chi connectivity index (χ1v) is 12.6. The van der Waals surface area contributed by atoms with Gasteiger partial charge in [0.15, 0.2) is 0 Å². The van der Waals surface area contributed by atoms with Gasteiger partial charge >= 0.3 is 159 Å². The molecular weight excluding hydrogens is 497 g/mol. The molecule has 1 aromatic heterocycles. The molecule has 3 rings (SSSR count). The van der Waals surface area contributed by atoms with Crippen LogP contribution in [0.4, 0.5) is 11.4 Å². The summed E-state index contributed by atoms with van der Waals surface area (Å²) in [7, 11) is 1.83. The van der Waals surface area contributed by atoms with Crippen LogP contribution >= 0.6 is 0 Å². The Morgan fingerprint density at radius 3 is 2.65 bits per heavy atom. The Bertz CT molecular complexity index is 1110. The third-order valence-electron chi connectivity index (χ3n) is 4.76. The fraction of sp³-hybridized carbons (Fsp3) is 0.192. The van der Waals surface area contributed by atoms with Crippen LogP contribution < -0.4 is 26.5 Å². The molecule has 1 N–H and O–H groups in total. The number of terminal acetylenes is 1. The number of aliphatic imine (C=N–C) groups is 1. The van der Waals surface area contributed by atoms with Crippen molar-refractivity contribution in [2.75, 3.05) is 16.8 Å². The number of benzene rings is 2. The van der Waals surface area contributed by atoms with Gasteiger partial charge in [0.05, 0.1) is 0 Å². The van der Waals surface area contributed by atoms with Crippen molar-refractivity contribution in [3.05, 3.63) is 89.2 Å². The first kappa shape index (κ1) is 22.7. The number of para-hydroxylation sites is 1. The fourth-order valence-electron chi connectivity index (χ4n) is 3.20. The van der Waals surface area contributed by atoms with Crippen LogP contribution in [0.5, 0.6) is 0 Å². The molecule has 0 unspecified atom stereocenters. The van der Waals surface area contributed by atoms with Crippen LogP contribution in [0.25, 0.3) is 0 Å². The zero-order chi connectivity index (χ0) is 22.1. The zero-order valence-electron chi connectivity index (χ0n) is 17.7. The van der Waals surface area contributed by atoms with Gasteiger partial charge in [-0.15, -0.1) is 0 Å². The molecule has 1 heterocycles. The number of halogens is 1. The van der Waals surface area contributed by atoms with E-state index in [-0.39, 0.29) is 3.79 Å². The van der Waals surface area contributed by atoms with Crippen LogP contribution in [-0.2, 0) is 6.42 Å². The van der Waals surface area contributed by atoms with Gasteiger partial charge in [-0.2, -0.15) is 0 Å². The molecule has 0 atom stereocenters. The summed E-state index contributed by atoms with van der Waals surface area (Å²) in [5.41, 5.74) is 6.87. The van der Waals surface area contributed by atoms with Crippen LogP contribution in [0.1, 0.15) is 33.6 Å². The quantitative estimate of drug-likeness (QED) is 0.154. The van der Waals surface area contributed by atoms with Crippen LogP contribution in [0.2, 0.25) is 0 Å². The van der Waals surface area contributed by atoms with Gasteiger partial charge in [-0.05, 0) is 24.6 Å². The number of hydrogen-bond donors (Lipinski definition) is 1. The number of carbonyl (C=O) groups is 1. The number of aromatic nitrogens is 1. The standard InChI is InChI=1S/C26H25IN3O/c1-4-16-27-26(31)23-7-5-6-8-25(23)30-21-11-9-20(10-12-21)24(28-3)14-13-22-18-19(2)15-17-29-22/h1,5-12,15,17-18,30H,13-14,16H2,2-3H3/q-1. The summed E-state index contributed by atoms with van der Waals surface area (Å²) in [5, 5.41) is 3.37. The molecule has 0 bridgehead atoms. The van der Waals surface area contributed by atoms with E-state index in [1.54, 1.807) is 0 Å². The van der Waals surface area contributed by atoms with Gasteiger partial charge in [0.25, 0.3) is 0 Å². The molecule has 0 radical (unpaired) electrons. The molecule has 4 nitrogen and oxygen atoms in total. The molecule has 31 heavy (non-hydrogen) atoms. The number of nitrogens with one attached hydrogen (secondary N) is 1. The van der Waals surface area contributed by atoms with Gasteiger partial charge in [0, 0.05) is 6.20 Å². The van der Waals surface area contributed by atoms with Gasteiger partial charge in [0.1, 0.15) is 0 Å². The normalized spacial score (nSPS) is 11.2. The molecule has 2 aromatic carbocycles. The van der Waals surface area contributed by atoms with E-state index in [9.17, 15) is 4.79 Å². The Hall–Kier alpha value is -2.98. The van der Waals surface area contributed by atoms with Crippen LogP contribution in [0.3, 0.4) is 0 Å². The van der Waals surface area contributed by atoms with E-state index in [2.05, 4.69) is 46.3 Å². The van der Waals surface area contributed by atoms with Gasteiger partial charge in [-0.3, -0.25) is 4.98 Å². The summed E-state index contributed by atoms with van der Waals surface area (Å²) in [4.78, 5) is 21.4. The molecule has 0 aliphatic rings. The van der Waals surface area contributed by atoms with Crippen molar-refractivity contribution in [3.63, 3.8) is 0 Å². The number of anilines is 2. The van der Waals surface area contributed by atoms with Crippen molar-refractivity contribution >= 4 is 20.9 Å². The molecule has 0 fully saturated rings. The van der Waals surface area contributed by atoms with Gasteiger partial charge in [-0.25, -0.2) is 0 Å². The first-order chi connectivity index (χ1) is 15.1. The van der Waals surface area contributed by atoms with Crippen LogP contribution in [0.15, 0.2) is 71.9 Å². The summed E-state index contributed by atoms with van der Waals surface area (Å²) < 4.78 is 0.708. The minimum atomic E-state index is -0.688. The van der Waals surface area contributed by atoms with E-state index < -0.39 is 21.2 Å². The molecule has 0 amide bonds. The molecule has 0 aliphatic heterocycles. The van der Waals surface area contributed by atoms with E-state index in [0.29, 0.717) is 9.99 Å². The molecule has 0 aliphatic carbocycles. The monoisotopic (exact) mass is 522 g/mol. The van der Waals surface area contributed by atoms with Gasteiger partial charge in [-0.1, -0.05) is 0 Å². The third-order valence-corrected chi connectivity index (χ3v) is 6.86. The van der Waals surface area contributed by atoms with E-state index in [1.807, 2.05) is 55.7 Å². The first-order valence-electron chi connectivity index (χ1n) is 10.0. The average Bonchev–Trinajstić information content (AvgIpc) is 2.79. The predicted molar refractivity (Wildman–Crippen MR) is 124 cm³/mol. The molecule has 0 spiro atoms. The van der Waals surface area contributed by atoms with Gasteiger partial charge in [0.2, 0.25) is 0 Å². The summed E-state index contributed by atoms with van der Waals surface area (Å²) in [6, 6.07) is 19.9. The summed E-state index contributed by atoms with van der Waals surface area (Å²) in [6.45, 7) is 2.08. The Balaban J connectivity index is 1.69. The number of hydrogen-bond acceptors (Lipinski definition) is 4. The van der Waals surface area contributed by atoms with E-state index >= 15 is 0 Å². The Morgan fingerprint density at radius 2 is 1.94 bits per heavy atom. The number of aryl methyl sites for hydroxylation is 2. The van der Waals surface area contributed by atoms with Crippen molar-refractivity contribution in [1.29, 1.82) is 0 Å². The molecule has 0 saturated carbocycles. The maximum atomic E-state index is 12.5. The summed E-state index contributed by atoms with van der Waals surface area (Å²) >= 11 is -0.688. The van der Waals surface area contributed by atoms with Crippen molar-refractivity contribution in [1.82, 2.24) is 4.98 Å². The third kappa shape index (κ3) is 6.50. The Labute approximate surface area is 194 Å². The van der Waals surface area contributed by atoms with Crippen LogP contribution in [-0.4, -0.2) is 26.0 Å². The molecule has 3 aromatic rings.